The topological polar surface area (TPSA) is 136 Å². The van der Waals surface area contributed by atoms with E-state index >= 15 is 0 Å². The fourth-order valence-electron chi connectivity index (χ4n) is 1.22. The molecule has 0 fully saturated rings. The smallest absolute Gasteiger partial charge is 0.407 e. The summed E-state index contributed by atoms with van der Waals surface area (Å²) in [5.74, 6) is -0.247. The third kappa shape index (κ3) is 4.92. The van der Waals surface area contributed by atoms with Crippen molar-refractivity contribution in [2.45, 2.75) is 32.4 Å². The molecule has 0 aliphatic carbocycles. The maximum atomic E-state index is 11.4. The molecule has 0 saturated carbocycles. The van der Waals surface area contributed by atoms with E-state index in [4.69, 9.17) is 10.5 Å². The number of alkyl carbamates (subject to hydrolysis) is 1. The minimum absolute atomic E-state index is 0.0664. The molecule has 1 amide bonds. The van der Waals surface area contributed by atoms with Gasteiger partial charge < -0.3 is 25.9 Å². The number of carbonyl (C=O) groups excluding carboxylic acids is 1. The SMILES string of the molecule is CC(C)(C)OC(=O)NCC(N)c1cc([N+](=O)[O-])[nH]n1. The van der Waals surface area contributed by atoms with Gasteiger partial charge in [-0.05, 0) is 25.7 Å². The van der Waals surface area contributed by atoms with E-state index < -0.39 is 22.7 Å². The predicted octanol–water partition coefficient (Wildman–Crippen LogP) is 0.842. The number of H-pyrrole nitrogens is 1. The number of nitrogens with one attached hydrogen (secondary N) is 2. The number of aromatic nitrogens is 2. The molecule has 0 bridgehead atoms. The second-order valence-corrected chi connectivity index (χ2v) is 4.92. The molecule has 4 N–H and O–H groups in total. The number of nitrogens with two attached hydrogens (primary N) is 1. The molecule has 0 spiro atoms. The molecule has 0 aromatic carbocycles. The summed E-state index contributed by atoms with van der Waals surface area (Å²) in [5, 5.41) is 18.9. The van der Waals surface area contributed by atoms with Crippen molar-refractivity contribution >= 4 is 11.9 Å². The van der Waals surface area contributed by atoms with Crippen molar-refractivity contribution in [1.82, 2.24) is 15.5 Å². The summed E-state index contributed by atoms with van der Waals surface area (Å²) in [7, 11) is 0. The highest BCUT2D eigenvalue weighted by Gasteiger charge is 2.19. The van der Waals surface area contributed by atoms with Crippen LogP contribution >= 0.6 is 0 Å². The highest BCUT2D eigenvalue weighted by Crippen LogP contribution is 2.13. The van der Waals surface area contributed by atoms with Gasteiger partial charge in [-0.25, -0.2) is 4.79 Å². The summed E-state index contributed by atoms with van der Waals surface area (Å²) in [5.41, 5.74) is 5.44. The molecule has 0 aliphatic rings. The Balaban J connectivity index is 2.48. The van der Waals surface area contributed by atoms with Crippen molar-refractivity contribution in [2.75, 3.05) is 6.54 Å². The minimum Gasteiger partial charge on any atom is -0.444 e. The standard InChI is InChI=1S/C10H17N5O4/c1-10(2,3)19-9(16)12-5-6(11)7-4-8(14-13-7)15(17)18/h4,6H,5,11H2,1-3H3,(H,12,16)(H,13,14). The van der Waals surface area contributed by atoms with Crippen molar-refractivity contribution < 1.29 is 14.5 Å². The van der Waals surface area contributed by atoms with Crippen molar-refractivity contribution in [3.63, 3.8) is 0 Å². The van der Waals surface area contributed by atoms with Crippen LogP contribution in [0.4, 0.5) is 10.6 Å². The lowest BCUT2D eigenvalue weighted by Crippen LogP contribution is -2.36. The first-order chi connectivity index (χ1) is 8.69. The van der Waals surface area contributed by atoms with E-state index in [2.05, 4.69) is 15.5 Å². The van der Waals surface area contributed by atoms with E-state index in [1.807, 2.05) is 0 Å². The van der Waals surface area contributed by atoms with Gasteiger partial charge in [0, 0.05) is 6.54 Å². The highest BCUT2D eigenvalue weighted by molar-refractivity contribution is 5.67. The van der Waals surface area contributed by atoms with E-state index in [9.17, 15) is 14.9 Å². The Morgan fingerprint density at radius 3 is 2.79 bits per heavy atom. The number of nitro groups is 1. The lowest BCUT2D eigenvalue weighted by atomic mass is 10.2. The largest absolute Gasteiger partial charge is 0.444 e. The molecule has 1 heterocycles. The van der Waals surface area contributed by atoms with Crippen LogP contribution in [0.1, 0.15) is 32.5 Å². The van der Waals surface area contributed by atoms with Crippen LogP contribution in [0.15, 0.2) is 6.07 Å². The van der Waals surface area contributed by atoms with Gasteiger partial charge in [0.05, 0.1) is 12.1 Å². The lowest BCUT2D eigenvalue weighted by molar-refractivity contribution is -0.389. The van der Waals surface area contributed by atoms with Crippen LogP contribution in [0.3, 0.4) is 0 Å². The van der Waals surface area contributed by atoms with Crippen molar-refractivity contribution in [2.24, 2.45) is 5.73 Å². The number of hydrogen-bond acceptors (Lipinski definition) is 6. The second kappa shape index (κ2) is 5.65. The Bertz CT molecular complexity index is 465. The zero-order chi connectivity index (χ0) is 14.6. The molecule has 1 unspecified atom stereocenters. The molecule has 19 heavy (non-hydrogen) atoms. The second-order valence-electron chi connectivity index (χ2n) is 4.92. The van der Waals surface area contributed by atoms with E-state index in [1.54, 1.807) is 20.8 Å². The Hall–Kier alpha value is -2.16. The number of hydrogen-bond donors (Lipinski definition) is 3. The Morgan fingerprint density at radius 2 is 2.32 bits per heavy atom. The van der Waals surface area contributed by atoms with Crippen LogP contribution in [0.5, 0.6) is 0 Å². The fraction of sp³-hybridized carbons (Fsp3) is 0.600. The van der Waals surface area contributed by atoms with Crippen LogP contribution in [0.2, 0.25) is 0 Å². The molecular weight excluding hydrogens is 254 g/mol. The van der Waals surface area contributed by atoms with Gasteiger partial charge in [-0.3, -0.25) is 0 Å². The minimum atomic E-state index is -0.655. The average molecular weight is 271 g/mol. The molecule has 0 radical (unpaired) electrons. The zero-order valence-corrected chi connectivity index (χ0v) is 11.0. The molecule has 9 nitrogen and oxygen atoms in total. The third-order valence-electron chi connectivity index (χ3n) is 2.03. The van der Waals surface area contributed by atoms with Crippen LogP contribution in [0, 0.1) is 10.1 Å². The number of aromatic amines is 1. The first-order valence-corrected chi connectivity index (χ1v) is 5.61. The predicted molar refractivity (Wildman–Crippen MR) is 66.4 cm³/mol. The summed E-state index contributed by atoms with van der Waals surface area (Å²) in [6.07, 6.45) is -0.604. The Morgan fingerprint density at radius 1 is 1.68 bits per heavy atom. The molecule has 0 saturated heterocycles. The van der Waals surface area contributed by atoms with Crippen LogP contribution in [-0.2, 0) is 4.74 Å². The van der Waals surface area contributed by atoms with Crippen molar-refractivity contribution in [3.8, 4) is 0 Å². The molecule has 1 rings (SSSR count). The van der Waals surface area contributed by atoms with Crippen LogP contribution in [-0.4, -0.2) is 33.4 Å². The van der Waals surface area contributed by atoms with Gasteiger partial charge in [0.2, 0.25) is 0 Å². The van der Waals surface area contributed by atoms with Crippen molar-refractivity contribution in [3.05, 3.63) is 21.9 Å². The first-order valence-electron chi connectivity index (χ1n) is 5.61. The molecule has 9 heteroatoms. The highest BCUT2D eigenvalue weighted by atomic mass is 16.6. The maximum absolute atomic E-state index is 11.4. The van der Waals surface area contributed by atoms with Crippen LogP contribution in [0.25, 0.3) is 0 Å². The number of carbonyl (C=O) groups is 1. The normalized spacial score (nSPS) is 12.8. The molecule has 1 aromatic heterocycles. The van der Waals surface area contributed by atoms with Gasteiger partial charge in [-0.1, -0.05) is 5.10 Å². The van der Waals surface area contributed by atoms with Crippen LogP contribution < -0.4 is 11.1 Å². The van der Waals surface area contributed by atoms with Gasteiger partial charge in [0.1, 0.15) is 11.3 Å². The average Bonchev–Trinajstić information content (AvgIpc) is 2.72. The van der Waals surface area contributed by atoms with Gasteiger partial charge in [-0.2, -0.15) is 0 Å². The number of ether oxygens (including phenoxy) is 1. The summed E-state index contributed by atoms with van der Waals surface area (Å²) in [4.78, 5) is 21.2. The van der Waals surface area contributed by atoms with Gasteiger partial charge in [0.25, 0.3) is 0 Å². The lowest BCUT2D eigenvalue weighted by Gasteiger charge is -2.20. The molecule has 1 aromatic rings. The summed E-state index contributed by atoms with van der Waals surface area (Å²) >= 11 is 0. The third-order valence-corrected chi connectivity index (χ3v) is 2.03. The van der Waals surface area contributed by atoms with E-state index in [1.165, 1.54) is 6.07 Å². The molecule has 106 valence electrons. The van der Waals surface area contributed by atoms with E-state index in [0.29, 0.717) is 5.69 Å². The quantitative estimate of drug-likeness (QED) is 0.548. The summed E-state index contributed by atoms with van der Waals surface area (Å²) in [6, 6.07) is 0.569. The summed E-state index contributed by atoms with van der Waals surface area (Å²) < 4.78 is 5.03. The van der Waals surface area contributed by atoms with E-state index in [-0.39, 0.29) is 12.4 Å². The zero-order valence-electron chi connectivity index (χ0n) is 11.0. The molecule has 1 atom stereocenters. The van der Waals surface area contributed by atoms with Gasteiger partial charge in [0.15, 0.2) is 0 Å². The number of nitrogens with zero attached hydrogens (tertiary/aromatic N) is 2. The molecule has 0 aliphatic heterocycles. The summed E-state index contributed by atoms with van der Waals surface area (Å²) in [6.45, 7) is 5.29. The maximum Gasteiger partial charge on any atom is 0.407 e. The Labute approximate surface area is 109 Å². The number of amides is 1. The van der Waals surface area contributed by atoms with Crippen molar-refractivity contribution in [1.29, 1.82) is 0 Å². The number of rotatable bonds is 4. The monoisotopic (exact) mass is 271 g/mol. The first kappa shape index (κ1) is 14.9. The molecular formula is C10H17N5O4. The van der Waals surface area contributed by atoms with E-state index in [0.717, 1.165) is 0 Å². The Kier molecular flexibility index (Phi) is 4.43. The van der Waals surface area contributed by atoms with Gasteiger partial charge in [-0.15, -0.1) is 5.10 Å². The fourth-order valence-corrected chi connectivity index (χ4v) is 1.22. The van der Waals surface area contributed by atoms with Gasteiger partial charge >= 0.3 is 11.9 Å².